The minimum atomic E-state index is -0.174. The molecule has 0 bridgehead atoms. The van der Waals surface area contributed by atoms with Gasteiger partial charge in [-0.25, -0.2) is 0 Å². The molecule has 0 aromatic heterocycles. The molecule has 1 N–H and O–H groups in total. The van der Waals surface area contributed by atoms with Gasteiger partial charge >= 0.3 is 0 Å². The van der Waals surface area contributed by atoms with E-state index in [1.54, 1.807) is 32.4 Å². The quantitative estimate of drug-likeness (QED) is 0.769. The molecule has 2 aromatic rings. The highest BCUT2D eigenvalue weighted by Crippen LogP contribution is 2.34. The van der Waals surface area contributed by atoms with Crippen molar-refractivity contribution in [1.82, 2.24) is 0 Å². The molecule has 4 heteroatoms. The lowest BCUT2D eigenvalue weighted by Crippen LogP contribution is -2.20. The first-order valence-electron chi connectivity index (χ1n) is 8.88. The van der Waals surface area contributed by atoms with Gasteiger partial charge in [0.15, 0.2) is 11.5 Å². The summed E-state index contributed by atoms with van der Waals surface area (Å²) in [6.45, 7) is 10.9. The Kier molecular flexibility index (Phi) is 5.96. The lowest BCUT2D eigenvalue weighted by atomic mass is 9.77. The second-order valence-corrected chi connectivity index (χ2v) is 7.25. The number of ether oxygens (including phenoxy) is 2. The van der Waals surface area contributed by atoms with E-state index in [-0.39, 0.29) is 11.3 Å². The van der Waals surface area contributed by atoms with Crippen molar-refractivity contribution in [1.29, 1.82) is 0 Å². The third-order valence-electron chi connectivity index (χ3n) is 5.00. The Morgan fingerprint density at radius 3 is 2.08 bits per heavy atom. The van der Waals surface area contributed by atoms with Crippen molar-refractivity contribution in [3.63, 3.8) is 0 Å². The van der Waals surface area contributed by atoms with Crippen LogP contribution in [0.3, 0.4) is 0 Å². The van der Waals surface area contributed by atoms with Gasteiger partial charge in [-0.15, -0.1) is 0 Å². The Labute approximate surface area is 156 Å². The first-order chi connectivity index (χ1) is 12.2. The summed E-state index contributed by atoms with van der Waals surface area (Å²) in [7, 11) is 3.13. The summed E-state index contributed by atoms with van der Waals surface area (Å²) >= 11 is 0. The number of aryl methyl sites for hydroxylation is 2. The van der Waals surface area contributed by atoms with Crippen LogP contribution in [0.4, 0.5) is 5.69 Å². The zero-order chi connectivity index (χ0) is 19.5. The Balaban J connectivity index is 2.30. The summed E-state index contributed by atoms with van der Waals surface area (Å²) in [5.74, 6) is 0.960. The molecule has 0 aliphatic carbocycles. The number of rotatable bonds is 6. The van der Waals surface area contributed by atoms with Crippen LogP contribution in [0, 0.1) is 13.8 Å². The molecule has 0 heterocycles. The maximum absolute atomic E-state index is 12.6. The molecule has 1 amide bonds. The van der Waals surface area contributed by atoms with Gasteiger partial charge in [0.1, 0.15) is 0 Å². The molecule has 140 valence electrons. The smallest absolute Gasteiger partial charge is 0.255 e. The van der Waals surface area contributed by atoms with E-state index in [4.69, 9.17) is 9.47 Å². The molecule has 0 saturated heterocycles. The van der Waals surface area contributed by atoms with Crippen molar-refractivity contribution < 1.29 is 14.3 Å². The summed E-state index contributed by atoms with van der Waals surface area (Å²) in [4.78, 5) is 12.6. The largest absolute Gasteiger partial charge is 0.493 e. The molecule has 0 saturated carbocycles. The van der Waals surface area contributed by atoms with Gasteiger partial charge in [-0.2, -0.15) is 0 Å². The first kappa shape index (κ1) is 19.8. The zero-order valence-corrected chi connectivity index (χ0v) is 16.8. The van der Waals surface area contributed by atoms with E-state index in [0.717, 1.165) is 12.1 Å². The predicted molar refractivity (Wildman–Crippen MR) is 107 cm³/mol. The highest BCUT2D eigenvalue weighted by atomic mass is 16.5. The van der Waals surface area contributed by atoms with Gasteiger partial charge in [-0.1, -0.05) is 20.8 Å². The summed E-state index contributed by atoms with van der Waals surface area (Å²) in [5.41, 5.74) is 5.18. The van der Waals surface area contributed by atoms with Crippen LogP contribution in [0.2, 0.25) is 0 Å². The van der Waals surface area contributed by atoms with E-state index in [1.165, 1.54) is 16.7 Å². The standard InChI is InChI=1S/C22H29NO3/c1-8-22(4,5)20-14(2)11-17(12-15(20)3)23-21(24)16-9-10-18(25-6)19(13-16)26-7/h9-13H,8H2,1-7H3,(H,23,24). The Hall–Kier alpha value is -2.49. The zero-order valence-electron chi connectivity index (χ0n) is 16.8. The van der Waals surface area contributed by atoms with Crippen molar-refractivity contribution in [2.24, 2.45) is 0 Å². The van der Waals surface area contributed by atoms with E-state index >= 15 is 0 Å². The predicted octanol–water partition coefficient (Wildman–Crippen LogP) is 5.26. The third-order valence-corrected chi connectivity index (χ3v) is 5.00. The summed E-state index contributed by atoms with van der Waals surface area (Å²) in [5, 5.41) is 2.99. The topological polar surface area (TPSA) is 47.6 Å². The number of nitrogens with one attached hydrogen (secondary N) is 1. The molecule has 0 aliphatic rings. The number of carbonyl (C=O) groups excluding carboxylic acids is 1. The second kappa shape index (κ2) is 7.81. The minimum Gasteiger partial charge on any atom is -0.493 e. The van der Waals surface area contributed by atoms with Crippen LogP contribution < -0.4 is 14.8 Å². The fourth-order valence-electron chi connectivity index (χ4n) is 3.46. The molecular formula is C22H29NO3. The van der Waals surface area contributed by atoms with Crippen LogP contribution in [0.15, 0.2) is 30.3 Å². The number of hydrogen-bond donors (Lipinski definition) is 1. The first-order valence-corrected chi connectivity index (χ1v) is 8.88. The highest BCUT2D eigenvalue weighted by molar-refractivity contribution is 6.04. The van der Waals surface area contributed by atoms with E-state index in [2.05, 4.69) is 39.9 Å². The number of anilines is 1. The molecule has 0 fully saturated rings. The van der Waals surface area contributed by atoms with Crippen molar-refractivity contribution >= 4 is 11.6 Å². The van der Waals surface area contributed by atoms with E-state index < -0.39 is 0 Å². The monoisotopic (exact) mass is 355 g/mol. The molecule has 2 rings (SSSR count). The Bertz CT molecular complexity index is 786. The van der Waals surface area contributed by atoms with E-state index in [9.17, 15) is 4.79 Å². The molecule has 0 radical (unpaired) electrons. The van der Waals surface area contributed by atoms with Crippen LogP contribution in [0.25, 0.3) is 0 Å². The molecule has 0 atom stereocenters. The molecule has 26 heavy (non-hydrogen) atoms. The van der Waals surface area contributed by atoms with Gasteiger partial charge in [0.2, 0.25) is 0 Å². The third kappa shape index (κ3) is 4.01. The fraction of sp³-hybridized carbons (Fsp3) is 0.409. The Morgan fingerprint density at radius 1 is 1.00 bits per heavy atom. The molecule has 0 aliphatic heterocycles. The van der Waals surface area contributed by atoms with Crippen molar-refractivity contribution in [3.8, 4) is 11.5 Å². The van der Waals surface area contributed by atoms with Gasteiger partial charge in [0, 0.05) is 11.3 Å². The fourth-order valence-corrected chi connectivity index (χ4v) is 3.46. The lowest BCUT2D eigenvalue weighted by molar-refractivity contribution is 0.102. The van der Waals surface area contributed by atoms with Crippen molar-refractivity contribution in [3.05, 3.63) is 52.6 Å². The number of benzene rings is 2. The SMILES string of the molecule is CCC(C)(C)c1c(C)cc(NC(=O)c2ccc(OC)c(OC)c2)cc1C. The van der Waals surface area contributed by atoms with E-state index in [1.807, 2.05) is 12.1 Å². The van der Waals surface area contributed by atoms with Crippen LogP contribution >= 0.6 is 0 Å². The maximum atomic E-state index is 12.6. The van der Waals surface area contributed by atoms with Crippen molar-refractivity contribution in [2.45, 2.75) is 46.5 Å². The van der Waals surface area contributed by atoms with Gasteiger partial charge in [0.25, 0.3) is 5.91 Å². The van der Waals surface area contributed by atoms with Gasteiger partial charge in [-0.05, 0) is 72.7 Å². The Morgan fingerprint density at radius 2 is 1.58 bits per heavy atom. The average Bonchev–Trinajstić information content (AvgIpc) is 2.60. The van der Waals surface area contributed by atoms with E-state index in [0.29, 0.717) is 17.1 Å². The second-order valence-electron chi connectivity index (χ2n) is 7.25. The van der Waals surface area contributed by atoms with Crippen LogP contribution in [-0.2, 0) is 5.41 Å². The van der Waals surface area contributed by atoms with Gasteiger partial charge < -0.3 is 14.8 Å². The molecule has 0 unspecified atom stereocenters. The normalized spacial score (nSPS) is 11.2. The molecular weight excluding hydrogens is 326 g/mol. The summed E-state index contributed by atoms with van der Waals surface area (Å²) < 4.78 is 10.5. The van der Waals surface area contributed by atoms with Gasteiger partial charge in [-0.3, -0.25) is 4.79 Å². The summed E-state index contributed by atoms with van der Waals surface area (Å²) in [6.07, 6.45) is 1.06. The lowest BCUT2D eigenvalue weighted by Gasteiger charge is -2.28. The average molecular weight is 355 g/mol. The molecule has 2 aromatic carbocycles. The highest BCUT2D eigenvalue weighted by Gasteiger charge is 2.23. The number of methoxy groups -OCH3 is 2. The number of carbonyl (C=O) groups is 1. The van der Waals surface area contributed by atoms with Crippen LogP contribution in [0.5, 0.6) is 11.5 Å². The number of hydrogen-bond acceptors (Lipinski definition) is 3. The van der Waals surface area contributed by atoms with Crippen LogP contribution in [-0.4, -0.2) is 20.1 Å². The maximum Gasteiger partial charge on any atom is 0.255 e. The van der Waals surface area contributed by atoms with Gasteiger partial charge in [0.05, 0.1) is 14.2 Å². The van der Waals surface area contributed by atoms with Crippen molar-refractivity contribution in [2.75, 3.05) is 19.5 Å². The molecule has 0 spiro atoms. The summed E-state index contributed by atoms with van der Waals surface area (Å²) in [6, 6.07) is 9.22. The minimum absolute atomic E-state index is 0.111. The number of amides is 1. The molecule has 4 nitrogen and oxygen atoms in total. The van der Waals surface area contributed by atoms with Crippen LogP contribution in [0.1, 0.15) is 54.2 Å².